The number of carboxylic acids is 1. The zero-order chi connectivity index (χ0) is 14.8. The standard InChI is InChI=1S/C11H12F3NO4/c1-19-9-7(11(12,13)14)3-2-5(8(9)16)6(4-15)10(17)18/h2-3,6,16H,4,15H2,1H3,(H,17,18). The van der Waals surface area contributed by atoms with E-state index in [1.54, 1.807) is 0 Å². The predicted octanol–water partition coefficient (Wildman–Crippen LogP) is 1.55. The molecule has 0 heterocycles. The van der Waals surface area contributed by atoms with E-state index in [0.29, 0.717) is 6.07 Å². The lowest BCUT2D eigenvalue weighted by Crippen LogP contribution is -2.21. The molecule has 1 aromatic rings. The van der Waals surface area contributed by atoms with Crippen LogP contribution in [0.3, 0.4) is 0 Å². The molecule has 0 fully saturated rings. The Labute approximate surface area is 106 Å². The molecular weight excluding hydrogens is 267 g/mol. The molecule has 1 rings (SSSR count). The number of carboxylic acid groups (broad SMARTS) is 1. The van der Waals surface area contributed by atoms with Crippen molar-refractivity contribution in [1.29, 1.82) is 0 Å². The van der Waals surface area contributed by atoms with E-state index in [4.69, 9.17) is 10.8 Å². The number of phenols is 1. The highest BCUT2D eigenvalue weighted by Crippen LogP contribution is 2.44. The Morgan fingerprint density at radius 2 is 2.05 bits per heavy atom. The second-order valence-electron chi connectivity index (χ2n) is 3.71. The molecule has 19 heavy (non-hydrogen) atoms. The summed E-state index contributed by atoms with van der Waals surface area (Å²) in [5.74, 6) is -4.34. The van der Waals surface area contributed by atoms with E-state index in [1.165, 1.54) is 0 Å². The van der Waals surface area contributed by atoms with Crippen molar-refractivity contribution in [2.75, 3.05) is 13.7 Å². The summed E-state index contributed by atoms with van der Waals surface area (Å²) >= 11 is 0. The van der Waals surface area contributed by atoms with Crippen LogP contribution in [0, 0.1) is 0 Å². The molecule has 0 aliphatic carbocycles. The number of hydrogen-bond donors (Lipinski definition) is 3. The third kappa shape index (κ3) is 2.90. The molecule has 0 bridgehead atoms. The second kappa shape index (κ2) is 5.35. The van der Waals surface area contributed by atoms with Crippen LogP contribution in [-0.4, -0.2) is 29.8 Å². The fraction of sp³-hybridized carbons (Fsp3) is 0.364. The number of ether oxygens (including phenoxy) is 1. The highest BCUT2D eigenvalue weighted by Gasteiger charge is 2.37. The average molecular weight is 279 g/mol. The van der Waals surface area contributed by atoms with E-state index in [2.05, 4.69) is 4.74 Å². The van der Waals surface area contributed by atoms with Crippen molar-refractivity contribution in [3.8, 4) is 11.5 Å². The number of halogens is 3. The number of aliphatic carboxylic acids is 1. The molecule has 4 N–H and O–H groups in total. The third-order valence-corrected chi connectivity index (χ3v) is 2.58. The van der Waals surface area contributed by atoms with Gasteiger partial charge in [-0.3, -0.25) is 4.79 Å². The van der Waals surface area contributed by atoms with Crippen LogP contribution in [0.1, 0.15) is 17.0 Å². The fourth-order valence-corrected chi connectivity index (χ4v) is 1.66. The molecule has 1 aromatic carbocycles. The van der Waals surface area contributed by atoms with E-state index < -0.39 is 35.1 Å². The summed E-state index contributed by atoms with van der Waals surface area (Å²) in [6.07, 6.45) is -4.72. The maximum absolute atomic E-state index is 12.7. The van der Waals surface area contributed by atoms with Crippen LogP contribution in [-0.2, 0) is 11.0 Å². The Kier molecular flexibility index (Phi) is 4.25. The van der Waals surface area contributed by atoms with Gasteiger partial charge in [0.1, 0.15) is 5.56 Å². The van der Waals surface area contributed by atoms with E-state index in [-0.39, 0.29) is 12.1 Å². The largest absolute Gasteiger partial charge is 0.504 e. The van der Waals surface area contributed by atoms with Gasteiger partial charge < -0.3 is 20.7 Å². The molecule has 0 saturated heterocycles. The number of hydrogen-bond acceptors (Lipinski definition) is 4. The van der Waals surface area contributed by atoms with Crippen LogP contribution in [0.25, 0.3) is 0 Å². The van der Waals surface area contributed by atoms with Gasteiger partial charge in [0.2, 0.25) is 0 Å². The topological polar surface area (TPSA) is 92.8 Å². The van der Waals surface area contributed by atoms with Crippen molar-refractivity contribution in [3.05, 3.63) is 23.3 Å². The number of rotatable bonds is 4. The van der Waals surface area contributed by atoms with Crippen LogP contribution >= 0.6 is 0 Å². The number of nitrogens with two attached hydrogens (primary N) is 1. The van der Waals surface area contributed by atoms with Gasteiger partial charge in [-0.1, -0.05) is 6.07 Å². The summed E-state index contributed by atoms with van der Waals surface area (Å²) in [4.78, 5) is 10.9. The Morgan fingerprint density at radius 3 is 2.42 bits per heavy atom. The van der Waals surface area contributed by atoms with Gasteiger partial charge in [0.15, 0.2) is 11.5 Å². The molecule has 8 heteroatoms. The van der Waals surface area contributed by atoms with Crippen LogP contribution in [0.4, 0.5) is 13.2 Å². The molecule has 0 radical (unpaired) electrons. The normalized spacial score (nSPS) is 13.1. The summed E-state index contributed by atoms with van der Waals surface area (Å²) in [5, 5.41) is 18.6. The molecule has 0 saturated carbocycles. The summed E-state index contributed by atoms with van der Waals surface area (Å²) in [5.41, 5.74) is 3.83. The first-order valence-electron chi connectivity index (χ1n) is 5.14. The molecule has 0 aliphatic rings. The Morgan fingerprint density at radius 1 is 1.47 bits per heavy atom. The van der Waals surface area contributed by atoms with Crippen LogP contribution < -0.4 is 10.5 Å². The van der Waals surface area contributed by atoms with Gasteiger partial charge in [-0.15, -0.1) is 0 Å². The smallest absolute Gasteiger partial charge is 0.420 e. The second-order valence-corrected chi connectivity index (χ2v) is 3.71. The first-order valence-corrected chi connectivity index (χ1v) is 5.14. The maximum atomic E-state index is 12.7. The van der Waals surface area contributed by atoms with Gasteiger partial charge in [-0.25, -0.2) is 0 Å². The van der Waals surface area contributed by atoms with Crippen molar-refractivity contribution in [3.63, 3.8) is 0 Å². The van der Waals surface area contributed by atoms with Gasteiger partial charge in [0, 0.05) is 12.1 Å². The van der Waals surface area contributed by atoms with E-state index >= 15 is 0 Å². The van der Waals surface area contributed by atoms with Crippen molar-refractivity contribution in [2.24, 2.45) is 5.73 Å². The zero-order valence-corrected chi connectivity index (χ0v) is 9.86. The highest BCUT2D eigenvalue weighted by atomic mass is 19.4. The van der Waals surface area contributed by atoms with Gasteiger partial charge in [0.05, 0.1) is 13.0 Å². The highest BCUT2D eigenvalue weighted by molar-refractivity contribution is 5.78. The quantitative estimate of drug-likeness (QED) is 0.777. The predicted molar refractivity (Wildman–Crippen MR) is 59.1 cm³/mol. The zero-order valence-electron chi connectivity index (χ0n) is 9.86. The maximum Gasteiger partial charge on any atom is 0.420 e. The van der Waals surface area contributed by atoms with Gasteiger partial charge in [-0.05, 0) is 6.07 Å². The van der Waals surface area contributed by atoms with Crippen LogP contribution in [0.5, 0.6) is 11.5 Å². The molecule has 0 aromatic heterocycles. The van der Waals surface area contributed by atoms with Crippen molar-refractivity contribution in [1.82, 2.24) is 0 Å². The lowest BCUT2D eigenvalue weighted by molar-refractivity contribution is -0.139. The first-order chi connectivity index (χ1) is 8.73. The Balaban J connectivity index is 3.45. The SMILES string of the molecule is COc1c(C(F)(F)F)ccc(C(CN)C(=O)O)c1O. The molecule has 1 unspecified atom stereocenters. The number of phenolic OH excluding ortho intramolecular Hbond substituents is 1. The molecule has 0 amide bonds. The fourth-order valence-electron chi connectivity index (χ4n) is 1.66. The molecule has 5 nitrogen and oxygen atoms in total. The van der Waals surface area contributed by atoms with Crippen molar-refractivity contribution in [2.45, 2.75) is 12.1 Å². The number of aromatic hydroxyl groups is 1. The Bertz CT molecular complexity index is 488. The monoisotopic (exact) mass is 279 g/mol. The van der Waals surface area contributed by atoms with Crippen LogP contribution in [0.2, 0.25) is 0 Å². The molecule has 0 aliphatic heterocycles. The van der Waals surface area contributed by atoms with Crippen molar-refractivity contribution >= 4 is 5.97 Å². The third-order valence-electron chi connectivity index (χ3n) is 2.58. The number of carbonyl (C=O) groups is 1. The lowest BCUT2D eigenvalue weighted by Gasteiger charge is -2.18. The van der Waals surface area contributed by atoms with E-state index in [1.807, 2.05) is 0 Å². The molecule has 0 spiro atoms. The summed E-state index contributed by atoms with van der Waals surface area (Å²) < 4.78 is 42.5. The Hall–Kier alpha value is -1.96. The van der Waals surface area contributed by atoms with Gasteiger partial charge in [-0.2, -0.15) is 13.2 Å². The average Bonchev–Trinajstić information content (AvgIpc) is 2.29. The lowest BCUT2D eigenvalue weighted by atomic mass is 9.96. The summed E-state index contributed by atoms with van der Waals surface area (Å²) in [6, 6.07) is 1.53. The molecule has 106 valence electrons. The number of benzene rings is 1. The molecule has 1 atom stereocenters. The van der Waals surface area contributed by atoms with Gasteiger partial charge in [0.25, 0.3) is 0 Å². The minimum Gasteiger partial charge on any atom is -0.504 e. The number of methoxy groups -OCH3 is 1. The summed E-state index contributed by atoms with van der Waals surface area (Å²) in [7, 11) is 0.951. The van der Waals surface area contributed by atoms with Gasteiger partial charge >= 0.3 is 12.1 Å². The minimum atomic E-state index is -4.72. The minimum absolute atomic E-state index is 0.222. The van der Waals surface area contributed by atoms with E-state index in [9.17, 15) is 23.1 Å². The van der Waals surface area contributed by atoms with E-state index in [0.717, 1.165) is 13.2 Å². The summed E-state index contributed by atoms with van der Waals surface area (Å²) in [6.45, 7) is -0.364. The first kappa shape index (κ1) is 15.1. The number of alkyl halides is 3. The van der Waals surface area contributed by atoms with Crippen LogP contribution in [0.15, 0.2) is 12.1 Å². The molecular formula is C11H12F3NO4. The van der Waals surface area contributed by atoms with Crippen molar-refractivity contribution < 1.29 is 32.9 Å².